The number of nitrogens with zero attached hydrogens (tertiary/aromatic N) is 1. The minimum Gasteiger partial charge on any atom is -0.466 e. The van der Waals surface area contributed by atoms with Crippen molar-refractivity contribution >= 4 is 22.6 Å². The van der Waals surface area contributed by atoms with E-state index in [1.807, 2.05) is 38.1 Å². The number of hydrogen-bond donors (Lipinski definition) is 1. The van der Waals surface area contributed by atoms with Crippen LogP contribution in [0.3, 0.4) is 0 Å². The van der Waals surface area contributed by atoms with E-state index in [9.17, 15) is 0 Å². The zero-order valence-electron chi connectivity index (χ0n) is 9.54. The van der Waals surface area contributed by atoms with Gasteiger partial charge in [0.1, 0.15) is 17.3 Å². The van der Waals surface area contributed by atoms with Crippen LogP contribution >= 0.6 is 11.6 Å². The number of rotatable bonds is 1. The van der Waals surface area contributed by atoms with Gasteiger partial charge in [-0.2, -0.15) is 0 Å². The van der Waals surface area contributed by atoms with Gasteiger partial charge in [0.2, 0.25) is 0 Å². The van der Waals surface area contributed by atoms with Crippen LogP contribution in [-0.4, -0.2) is 9.97 Å². The molecule has 0 aliphatic heterocycles. The fraction of sp³-hybridized carbons (Fsp3) is 0.154. The van der Waals surface area contributed by atoms with Crippen LogP contribution in [0.25, 0.3) is 22.4 Å². The van der Waals surface area contributed by atoms with Crippen LogP contribution in [0.4, 0.5) is 0 Å². The number of halogens is 1. The van der Waals surface area contributed by atoms with Crippen LogP contribution in [0.5, 0.6) is 0 Å². The number of benzene rings is 1. The zero-order chi connectivity index (χ0) is 12.0. The first-order valence-corrected chi connectivity index (χ1v) is 5.74. The Kier molecular flexibility index (Phi) is 2.23. The van der Waals surface area contributed by atoms with Gasteiger partial charge in [0.05, 0.1) is 16.6 Å². The number of fused-ring (bicyclic) bond motifs is 1. The van der Waals surface area contributed by atoms with Crippen molar-refractivity contribution in [2.45, 2.75) is 13.8 Å². The molecule has 0 radical (unpaired) electrons. The molecular weight excluding hydrogens is 236 g/mol. The molecule has 0 aliphatic carbocycles. The van der Waals surface area contributed by atoms with Gasteiger partial charge < -0.3 is 9.40 Å². The van der Waals surface area contributed by atoms with E-state index in [1.54, 1.807) is 0 Å². The topological polar surface area (TPSA) is 41.8 Å². The van der Waals surface area contributed by atoms with Crippen molar-refractivity contribution in [3.8, 4) is 11.4 Å². The molecule has 0 fully saturated rings. The number of aromatic nitrogens is 2. The molecule has 0 unspecified atom stereocenters. The number of nitrogens with one attached hydrogen (secondary N) is 1. The highest BCUT2D eigenvalue weighted by Gasteiger charge is 2.11. The molecule has 1 aromatic carbocycles. The fourth-order valence-electron chi connectivity index (χ4n) is 1.98. The predicted octanol–water partition coefficient (Wildman–Crippen LogP) is 4.09. The van der Waals surface area contributed by atoms with E-state index in [4.69, 9.17) is 16.0 Å². The molecule has 0 saturated heterocycles. The SMILES string of the molecule is Cc1cc(-c2nc3ccc(Cl)cc3[nH]2)c(C)o1. The minimum absolute atomic E-state index is 0.702. The first-order chi connectivity index (χ1) is 8.13. The number of imidazole rings is 1. The van der Waals surface area contributed by atoms with Gasteiger partial charge in [-0.25, -0.2) is 4.98 Å². The van der Waals surface area contributed by atoms with Crippen LogP contribution in [0.2, 0.25) is 5.02 Å². The second kappa shape index (κ2) is 3.64. The van der Waals surface area contributed by atoms with Gasteiger partial charge >= 0.3 is 0 Å². The minimum atomic E-state index is 0.702. The number of H-pyrrole nitrogens is 1. The van der Waals surface area contributed by atoms with Crippen molar-refractivity contribution in [2.75, 3.05) is 0 Å². The third kappa shape index (κ3) is 1.72. The highest BCUT2D eigenvalue weighted by Crippen LogP contribution is 2.27. The molecular formula is C13H11ClN2O. The van der Waals surface area contributed by atoms with Gasteiger partial charge in [-0.05, 0) is 38.1 Å². The fourth-order valence-corrected chi connectivity index (χ4v) is 2.15. The Morgan fingerprint density at radius 2 is 2.06 bits per heavy atom. The number of hydrogen-bond acceptors (Lipinski definition) is 2. The molecule has 2 aromatic heterocycles. The maximum Gasteiger partial charge on any atom is 0.142 e. The Bertz CT molecular complexity index is 697. The van der Waals surface area contributed by atoms with Crippen molar-refractivity contribution in [1.29, 1.82) is 0 Å². The lowest BCUT2D eigenvalue weighted by atomic mass is 10.2. The Balaban J connectivity index is 2.21. The van der Waals surface area contributed by atoms with E-state index in [0.717, 1.165) is 33.9 Å². The van der Waals surface area contributed by atoms with E-state index < -0.39 is 0 Å². The van der Waals surface area contributed by atoms with Crippen LogP contribution in [0.15, 0.2) is 28.7 Å². The average Bonchev–Trinajstić information content (AvgIpc) is 2.80. The van der Waals surface area contributed by atoms with Gasteiger partial charge in [0.15, 0.2) is 0 Å². The summed E-state index contributed by atoms with van der Waals surface area (Å²) in [5, 5.41) is 0.702. The molecule has 0 amide bonds. The lowest BCUT2D eigenvalue weighted by Gasteiger charge is -1.90. The predicted molar refractivity (Wildman–Crippen MR) is 68.3 cm³/mol. The Morgan fingerprint density at radius 1 is 1.24 bits per heavy atom. The third-order valence-electron chi connectivity index (χ3n) is 2.74. The van der Waals surface area contributed by atoms with Gasteiger partial charge in [-0.15, -0.1) is 0 Å². The molecule has 0 bridgehead atoms. The smallest absolute Gasteiger partial charge is 0.142 e. The molecule has 0 saturated carbocycles. The van der Waals surface area contributed by atoms with Crippen LogP contribution in [-0.2, 0) is 0 Å². The standard InChI is InChI=1S/C13H11ClN2O/c1-7-5-10(8(2)17-7)13-15-11-4-3-9(14)6-12(11)16-13/h3-6H,1-2H3,(H,15,16). The summed E-state index contributed by atoms with van der Waals surface area (Å²) < 4.78 is 5.50. The Morgan fingerprint density at radius 3 is 2.76 bits per heavy atom. The molecule has 86 valence electrons. The Hall–Kier alpha value is -1.74. The first kappa shape index (κ1) is 10.4. The van der Waals surface area contributed by atoms with Crippen LogP contribution in [0, 0.1) is 13.8 Å². The number of aromatic amines is 1. The van der Waals surface area contributed by atoms with E-state index in [1.165, 1.54) is 0 Å². The summed E-state index contributed by atoms with van der Waals surface area (Å²) >= 11 is 5.94. The maximum atomic E-state index is 5.94. The van der Waals surface area contributed by atoms with Crippen molar-refractivity contribution < 1.29 is 4.42 Å². The van der Waals surface area contributed by atoms with E-state index in [2.05, 4.69) is 9.97 Å². The summed E-state index contributed by atoms with van der Waals surface area (Å²) in [7, 11) is 0. The lowest BCUT2D eigenvalue weighted by molar-refractivity contribution is 0.505. The highest BCUT2D eigenvalue weighted by molar-refractivity contribution is 6.31. The highest BCUT2D eigenvalue weighted by atomic mass is 35.5. The third-order valence-corrected chi connectivity index (χ3v) is 2.98. The second-order valence-electron chi connectivity index (χ2n) is 4.07. The van der Waals surface area contributed by atoms with Gasteiger partial charge in [-0.1, -0.05) is 11.6 Å². The number of aryl methyl sites for hydroxylation is 2. The molecule has 3 aromatic rings. The van der Waals surface area contributed by atoms with Crippen molar-refractivity contribution in [1.82, 2.24) is 9.97 Å². The molecule has 0 atom stereocenters. The van der Waals surface area contributed by atoms with E-state index in [0.29, 0.717) is 5.02 Å². The van der Waals surface area contributed by atoms with E-state index >= 15 is 0 Å². The number of furan rings is 1. The van der Waals surface area contributed by atoms with Crippen molar-refractivity contribution in [3.05, 3.63) is 40.8 Å². The first-order valence-electron chi connectivity index (χ1n) is 5.36. The maximum absolute atomic E-state index is 5.94. The summed E-state index contributed by atoms with van der Waals surface area (Å²) in [6.07, 6.45) is 0. The van der Waals surface area contributed by atoms with Crippen LogP contribution < -0.4 is 0 Å². The molecule has 3 nitrogen and oxygen atoms in total. The molecule has 17 heavy (non-hydrogen) atoms. The van der Waals surface area contributed by atoms with Crippen LogP contribution in [0.1, 0.15) is 11.5 Å². The quantitative estimate of drug-likeness (QED) is 0.703. The second-order valence-corrected chi connectivity index (χ2v) is 4.51. The molecule has 3 rings (SSSR count). The van der Waals surface area contributed by atoms with Gasteiger partial charge in [0, 0.05) is 5.02 Å². The summed E-state index contributed by atoms with van der Waals surface area (Å²) in [5.41, 5.74) is 2.84. The molecule has 0 spiro atoms. The molecule has 2 heterocycles. The molecule has 4 heteroatoms. The normalized spacial score (nSPS) is 11.2. The summed E-state index contributed by atoms with van der Waals surface area (Å²) in [6, 6.07) is 7.59. The summed E-state index contributed by atoms with van der Waals surface area (Å²) in [5.74, 6) is 2.57. The van der Waals surface area contributed by atoms with Gasteiger partial charge in [-0.3, -0.25) is 0 Å². The summed E-state index contributed by atoms with van der Waals surface area (Å²) in [6.45, 7) is 3.86. The average molecular weight is 247 g/mol. The lowest BCUT2D eigenvalue weighted by Crippen LogP contribution is -1.78. The largest absolute Gasteiger partial charge is 0.466 e. The summed E-state index contributed by atoms with van der Waals surface area (Å²) in [4.78, 5) is 7.78. The Labute approximate surface area is 103 Å². The van der Waals surface area contributed by atoms with Gasteiger partial charge in [0.25, 0.3) is 0 Å². The zero-order valence-corrected chi connectivity index (χ0v) is 10.3. The van der Waals surface area contributed by atoms with Crippen molar-refractivity contribution in [2.24, 2.45) is 0 Å². The monoisotopic (exact) mass is 246 g/mol. The molecule has 0 aliphatic rings. The van der Waals surface area contributed by atoms with E-state index in [-0.39, 0.29) is 0 Å². The molecule has 1 N–H and O–H groups in total. The van der Waals surface area contributed by atoms with Crippen molar-refractivity contribution in [3.63, 3.8) is 0 Å².